The van der Waals surface area contributed by atoms with Crippen LogP contribution in [0.1, 0.15) is 37.3 Å². The van der Waals surface area contributed by atoms with Crippen LogP contribution in [-0.2, 0) is 15.1 Å². The van der Waals surface area contributed by atoms with E-state index in [9.17, 15) is 4.79 Å². The first kappa shape index (κ1) is 16.3. The molecule has 3 heteroatoms. The SMILES string of the molecule is CC(=O)OC(c1ccccc1)(c1ccccc1)C12CCN(CC1)CC2. The van der Waals surface area contributed by atoms with Gasteiger partial charge in [-0.2, -0.15) is 0 Å². The second-order valence-corrected chi connectivity index (χ2v) is 7.38. The van der Waals surface area contributed by atoms with Gasteiger partial charge in [0.05, 0.1) is 0 Å². The van der Waals surface area contributed by atoms with Crippen LogP contribution >= 0.6 is 0 Å². The van der Waals surface area contributed by atoms with Crippen LogP contribution in [0.5, 0.6) is 0 Å². The third-order valence-corrected chi connectivity index (χ3v) is 6.12. The Morgan fingerprint density at radius 3 is 1.72 bits per heavy atom. The Bertz CT molecular complexity index is 680. The first-order valence-electron chi connectivity index (χ1n) is 9.19. The number of ether oxygens (including phenoxy) is 1. The van der Waals surface area contributed by atoms with E-state index in [1.165, 1.54) is 6.92 Å². The lowest BCUT2D eigenvalue weighted by Gasteiger charge is -2.57. The van der Waals surface area contributed by atoms with Crippen molar-refractivity contribution < 1.29 is 9.53 Å². The van der Waals surface area contributed by atoms with E-state index in [1.54, 1.807) is 0 Å². The van der Waals surface area contributed by atoms with E-state index >= 15 is 0 Å². The Labute approximate surface area is 149 Å². The van der Waals surface area contributed by atoms with Crippen molar-refractivity contribution in [3.8, 4) is 0 Å². The predicted octanol–water partition coefficient (Wildman–Crippen LogP) is 3.98. The quantitative estimate of drug-likeness (QED) is 0.792. The molecule has 130 valence electrons. The predicted molar refractivity (Wildman–Crippen MR) is 98.2 cm³/mol. The molecule has 0 aliphatic carbocycles. The molecule has 0 amide bonds. The Hall–Kier alpha value is -2.13. The summed E-state index contributed by atoms with van der Waals surface area (Å²) in [7, 11) is 0. The molecule has 2 bridgehead atoms. The lowest BCUT2D eigenvalue weighted by Crippen LogP contribution is -2.59. The fourth-order valence-electron chi connectivity index (χ4n) is 4.92. The standard InChI is InChI=1S/C22H25NO2/c1-18(24)25-22(19-8-4-2-5-9-19,20-10-6-3-7-11-20)21-12-15-23(16-13-21)17-14-21/h2-11H,12-17H2,1H3. The molecule has 2 aromatic rings. The van der Waals surface area contributed by atoms with Crippen LogP contribution in [0.2, 0.25) is 0 Å². The zero-order chi connectivity index (χ0) is 17.3. The molecule has 0 aromatic heterocycles. The van der Waals surface area contributed by atoms with Crippen molar-refractivity contribution in [2.75, 3.05) is 19.6 Å². The van der Waals surface area contributed by atoms with Crippen LogP contribution in [0, 0.1) is 5.41 Å². The molecule has 0 N–H and O–H groups in total. The number of nitrogens with zero attached hydrogens (tertiary/aromatic N) is 1. The number of carbonyl (C=O) groups is 1. The van der Waals surface area contributed by atoms with Crippen molar-refractivity contribution in [2.45, 2.75) is 31.8 Å². The second kappa shape index (κ2) is 6.30. The second-order valence-electron chi connectivity index (χ2n) is 7.38. The minimum absolute atomic E-state index is 0.0455. The van der Waals surface area contributed by atoms with Crippen molar-refractivity contribution in [1.29, 1.82) is 0 Å². The van der Waals surface area contributed by atoms with Crippen LogP contribution in [-0.4, -0.2) is 30.5 Å². The molecule has 3 saturated heterocycles. The average Bonchev–Trinajstić information content (AvgIpc) is 2.68. The summed E-state index contributed by atoms with van der Waals surface area (Å²) >= 11 is 0. The minimum atomic E-state index is -0.714. The number of piperidine rings is 3. The molecule has 0 radical (unpaired) electrons. The van der Waals surface area contributed by atoms with Gasteiger partial charge in [-0.05, 0) is 38.9 Å². The highest BCUT2D eigenvalue weighted by Crippen LogP contribution is 2.57. The van der Waals surface area contributed by atoms with Crippen LogP contribution in [0.4, 0.5) is 0 Å². The lowest BCUT2D eigenvalue weighted by molar-refractivity contribution is -0.183. The maximum atomic E-state index is 12.3. The van der Waals surface area contributed by atoms with Gasteiger partial charge in [-0.1, -0.05) is 60.7 Å². The fourth-order valence-corrected chi connectivity index (χ4v) is 4.92. The first-order chi connectivity index (χ1) is 12.2. The van der Waals surface area contributed by atoms with Gasteiger partial charge in [-0.25, -0.2) is 0 Å². The summed E-state index contributed by atoms with van der Waals surface area (Å²) in [5.74, 6) is -0.213. The molecule has 25 heavy (non-hydrogen) atoms. The van der Waals surface area contributed by atoms with Crippen LogP contribution in [0.15, 0.2) is 60.7 Å². The Morgan fingerprint density at radius 2 is 1.32 bits per heavy atom. The molecule has 0 atom stereocenters. The maximum absolute atomic E-state index is 12.3. The molecular weight excluding hydrogens is 310 g/mol. The van der Waals surface area contributed by atoms with Crippen molar-refractivity contribution in [3.63, 3.8) is 0 Å². The maximum Gasteiger partial charge on any atom is 0.303 e. The van der Waals surface area contributed by atoms with Crippen molar-refractivity contribution >= 4 is 5.97 Å². The molecule has 5 rings (SSSR count). The summed E-state index contributed by atoms with van der Waals surface area (Å²) in [6, 6.07) is 20.7. The van der Waals surface area contributed by atoms with Gasteiger partial charge in [0, 0.05) is 23.5 Å². The minimum Gasteiger partial charge on any atom is -0.449 e. The zero-order valence-corrected chi connectivity index (χ0v) is 14.8. The van der Waals surface area contributed by atoms with Gasteiger partial charge in [0.1, 0.15) is 0 Å². The number of hydrogen-bond donors (Lipinski definition) is 0. The highest BCUT2D eigenvalue weighted by Gasteiger charge is 2.58. The van der Waals surface area contributed by atoms with Crippen LogP contribution in [0.3, 0.4) is 0 Å². The van der Waals surface area contributed by atoms with Gasteiger partial charge in [-0.15, -0.1) is 0 Å². The fraction of sp³-hybridized carbons (Fsp3) is 0.409. The Kier molecular flexibility index (Phi) is 4.12. The number of hydrogen-bond acceptors (Lipinski definition) is 3. The zero-order valence-electron chi connectivity index (χ0n) is 14.8. The summed E-state index contributed by atoms with van der Waals surface area (Å²) in [4.78, 5) is 14.8. The van der Waals surface area contributed by atoms with Gasteiger partial charge >= 0.3 is 5.97 Å². The van der Waals surface area contributed by atoms with E-state index in [-0.39, 0.29) is 11.4 Å². The van der Waals surface area contributed by atoms with Gasteiger partial charge < -0.3 is 9.64 Å². The van der Waals surface area contributed by atoms with Gasteiger partial charge in [0.25, 0.3) is 0 Å². The largest absolute Gasteiger partial charge is 0.449 e. The molecular formula is C22H25NO2. The topological polar surface area (TPSA) is 29.5 Å². The average molecular weight is 335 g/mol. The van der Waals surface area contributed by atoms with Crippen molar-refractivity contribution in [3.05, 3.63) is 71.8 Å². The normalized spacial score (nSPS) is 25.6. The smallest absolute Gasteiger partial charge is 0.303 e. The third-order valence-electron chi connectivity index (χ3n) is 6.12. The molecule has 3 aliphatic rings. The highest BCUT2D eigenvalue weighted by molar-refractivity contribution is 5.68. The molecule has 0 spiro atoms. The van der Waals surface area contributed by atoms with Gasteiger partial charge in [0.2, 0.25) is 0 Å². The van der Waals surface area contributed by atoms with Gasteiger partial charge in [-0.3, -0.25) is 4.79 Å². The first-order valence-corrected chi connectivity index (χ1v) is 9.19. The summed E-state index contributed by atoms with van der Waals surface area (Å²) in [5, 5.41) is 0. The van der Waals surface area contributed by atoms with Crippen LogP contribution in [0.25, 0.3) is 0 Å². The number of benzene rings is 2. The van der Waals surface area contributed by atoms with Crippen molar-refractivity contribution in [2.24, 2.45) is 5.41 Å². The highest BCUT2D eigenvalue weighted by atomic mass is 16.6. The molecule has 3 nitrogen and oxygen atoms in total. The molecule has 3 fully saturated rings. The van der Waals surface area contributed by atoms with E-state index in [4.69, 9.17) is 4.74 Å². The molecule has 2 aromatic carbocycles. The third kappa shape index (κ3) is 2.58. The summed E-state index contributed by atoms with van der Waals surface area (Å²) in [5.41, 5.74) is 1.42. The number of rotatable bonds is 4. The lowest BCUT2D eigenvalue weighted by atomic mass is 9.57. The molecule has 3 heterocycles. The molecule has 3 aliphatic heterocycles. The number of esters is 1. The monoisotopic (exact) mass is 335 g/mol. The van der Waals surface area contributed by atoms with Gasteiger partial charge in [0.15, 0.2) is 5.60 Å². The summed E-state index contributed by atoms with van der Waals surface area (Å²) in [6.07, 6.45) is 3.18. The number of fused-ring (bicyclic) bond motifs is 3. The van der Waals surface area contributed by atoms with E-state index in [0.717, 1.165) is 50.0 Å². The molecule has 0 saturated carbocycles. The molecule has 0 unspecified atom stereocenters. The van der Waals surface area contributed by atoms with E-state index in [0.29, 0.717) is 0 Å². The number of carbonyl (C=O) groups excluding carboxylic acids is 1. The summed E-state index contributed by atoms with van der Waals surface area (Å²) < 4.78 is 6.31. The Morgan fingerprint density at radius 1 is 0.880 bits per heavy atom. The van der Waals surface area contributed by atoms with E-state index in [2.05, 4.69) is 29.2 Å². The van der Waals surface area contributed by atoms with Crippen LogP contribution < -0.4 is 0 Å². The van der Waals surface area contributed by atoms with Crippen molar-refractivity contribution in [1.82, 2.24) is 4.90 Å². The summed E-state index contributed by atoms with van der Waals surface area (Å²) in [6.45, 7) is 4.79. The Balaban J connectivity index is 1.97. The van der Waals surface area contributed by atoms with E-state index in [1.807, 2.05) is 36.4 Å². The van der Waals surface area contributed by atoms with E-state index < -0.39 is 5.60 Å².